The fourth-order valence-corrected chi connectivity index (χ4v) is 6.58. The predicted octanol–water partition coefficient (Wildman–Crippen LogP) is 4.99. The van der Waals surface area contributed by atoms with Crippen LogP contribution in [-0.4, -0.2) is 72.9 Å². The number of hydrogen-bond acceptors (Lipinski definition) is 10. The van der Waals surface area contributed by atoms with Crippen molar-refractivity contribution in [2.45, 2.75) is 17.9 Å². The summed E-state index contributed by atoms with van der Waals surface area (Å²) in [6.45, 7) is 0.606. The summed E-state index contributed by atoms with van der Waals surface area (Å²) in [5.74, 6) is 0.622. The van der Waals surface area contributed by atoms with Crippen LogP contribution in [0.4, 0.5) is 21.6 Å². The highest BCUT2D eigenvalue weighted by molar-refractivity contribution is 7.89. The summed E-state index contributed by atoms with van der Waals surface area (Å²) in [6, 6.07) is 11.4. The molecule has 0 aliphatic carbocycles. The number of nitrogens with zero attached hydrogens (tertiary/aromatic N) is 5. The van der Waals surface area contributed by atoms with Gasteiger partial charge in [0.15, 0.2) is 16.4 Å². The van der Waals surface area contributed by atoms with E-state index in [2.05, 4.69) is 15.3 Å². The van der Waals surface area contributed by atoms with Crippen LogP contribution < -0.4 is 14.8 Å². The molecule has 12 nitrogen and oxygen atoms in total. The van der Waals surface area contributed by atoms with E-state index in [0.29, 0.717) is 39.5 Å². The first-order chi connectivity index (χ1) is 20.6. The van der Waals surface area contributed by atoms with Crippen LogP contribution >= 0.6 is 11.6 Å². The Morgan fingerprint density at radius 2 is 1.93 bits per heavy atom. The molecule has 15 heteroatoms. The van der Waals surface area contributed by atoms with Gasteiger partial charge in [-0.25, -0.2) is 22.8 Å². The third-order valence-corrected chi connectivity index (χ3v) is 9.22. The average Bonchev–Trinajstić information content (AvgIpc) is 2.98. The molecule has 0 unspecified atom stereocenters. The van der Waals surface area contributed by atoms with E-state index in [1.807, 2.05) is 4.90 Å². The van der Waals surface area contributed by atoms with Crippen molar-refractivity contribution in [1.82, 2.24) is 19.2 Å². The van der Waals surface area contributed by atoms with Gasteiger partial charge in [-0.2, -0.15) is 4.31 Å². The quantitative estimate of drug-likeness (QED) is 0.242. The fraction of sp³-hybridized carbons (Fsp3) is 0.286. The summed E-state index contributed by atoms with van der Waals surface area (Å²) in [5, 5.41) is 15.4. The Labute approximate surface area is 252 Å². The number of anilines is 2. The summed E-state index contributed by atoms with van der Waals surface area (Å²) in [6.07, 6.45) is 1.67. The zero-order valence-electron chi connectivity index (χ0n) is 23.3. The third-order valence-electron chi connectivity index (χ3n) is 6.98. The Hall–Kier alpha value is -4.11. The van der Waals surface area contributed by atoms with E-state index >= 15 is 0 Å². The number of rotatable bonds is 4. The number of sulfonamides is 1. The number of methoxy groups -OCH3 is 1. The van der Waals surface area contributed by atoms with Gasteiger partial charge in [0.1, 0.15) is 18.0 Å². The molecule has 0 fully saturated rings. The molecule has 1 aromatic heterocycles. The highest BCUT2D eigenvalue weighted by Crippen LogP contribution is 2.36. The maximum atomic E-state index is 14.6. The maximum absolute atomic E-state index is 14.6. The molecule has 2 heterocycles. The zero-order chi connectivity index (χ0) is 30.7. The molecule has 5 rings (SSSR count). The Morgan fingerprint density at radius 1 is 1.14 bits per heavy atom. The summed E-state index contributed by atoms with van der Waals surface area (Å²) >= 11 is 6.15. The van der Waals surface area contributed by atoms with Crippen molar-refractivity contribution in [3.05, 3.63) is 81.4 Å². The van der Waals surface area contributed by atoms with Crippen LogP contribution in [0.1, 0.15) is 12.0 Å². The molecule has 1 aliphatic rings. The molecule has 0 amide bonds. The molecule has 0 saturated heterocycles. The highest BCUT2D eigenvalue weighted by Gasteiger charge is 2.31. The lowest BCUT2D eigenvalue weighted by Gasteiger charge is -2.26. The third kappa shape index (κ3) is 6.46. The molecule has 226 valence electrons. The van der Waals surface area contributed by atoms with Gasteiger partial charge in [-0.05, 0) is 43.3 Å². The first-order valence-electron chi connectivity index (χ1n) is 13.2. The molecule has 1 aliphatic heterocycles. The van der Waals surface area contributed by atoms with E-state index < -0.39 is 31.3 Å². The summed E-state index contributed by atoms with van der Waals surface area (Å²) in [4.78, 5) is 21.1. The van der Waals surface area contributed by atoms with Gasteiger partial charge in [0.05, 0.1) is 29.2 Å². The Bertz CT molecular complexity index is 1790. The summed E-state index contributed by atoms with van der Waals surface area (Å²) in [7, 11) is -1.01. The van der Waals surface area contributed by atoms with Crippen molar-refractivity contribution in [2.75, 3.05) is 45.7 Å². The average molecular weight is 631 g/mol. The molecule has 3 aromatic carbocycles. The van der Waals surface area contributed by atoms with Crippen LogP contribution in [0.2, 0.25) is 5.02 Å². The van der Waals surface area contributed by atoms with Gasteiger partial charge in [-0.15, -0.1) is 0 Å². The van der Waals surface area contributed by atoms with Crippen molar-refractivity contribution < 1.29 is 27.2 Å². The lowest BCUT2D eigenvalue weighted by atomic mass is 10.1. The molecule has 1 N–H and O–H groups in total. The van der Waals surface area contributed by atoms with Gasteiger partial charge in [0.2, 0.25) is 10.0 Å². The van der Waals surface area contributed by atoms with E-state index in [0.717, 1.165) is 6.07 Å². The molecule has 4 aromatic rings. The number of halogens is 2. The second-order valence-electron chi connectivity index (χ2n) is 9.86. The molecule has 0 saturated carbocycles. The number of ether oxygens (including phenoxy) is 2. The number of nitrogens with one attached hydrogen (secondary N) is 1. The minimum Gasteiger partial charge on any atom is -0.493 e. The van der Waals surface area contributed by atoms with Crippen LogP contribution in [-0.2, 0) is 16.6 Å². The standard InChI is InChI=1S/C28H28ClFN6O6S/c1-34-9-10-35(43(39,40)27-7-4-3-6-24(27)36(37)38)8-5-11-42-26-13-19-23(15-25(26)41-2)31-17-32-28(19)33-22-14-20(29)21(30)12-18(22)16-34/h3-4,6-7,12-15,17H,5,8-11,16H2,1-2H3,(H,31,32,33). The largest absolute Gasteiger partial charge is 0.493 e. The predicted molar refractivity (Wildman–Crippen MR) is 159 cm³/mol. The van der Waals surface area contributed by atoms with Crippen molar-refractivity contribution in [2.24, 2.45) is 0 Å². The fourth-order valence-electron chi connectivity index (χ4n) is 4.79. The van der Waals surface area contributed by atoms with E-state index in [4.69, 9.17) is 21.1 Å². The smallest absolute Gasteiger partial charge is 0.289 e. The van der Waals surface area contributed by atoms with Gasteiger partial charge in [0.25, 0.3) is 5.69 Å². The minimum atomic E-state index is -4.26. The normalized spacial score (nSPS) is 15.4. The second kappa shape index (κ2) is 12.6. The van der Waals surface area contributed by atoms with E-state index in [-0.39, 0.29) is 44.2 Å². The van der Waals surface area contributed by atoms with Crippen LogP contribution in [0.3, 0.4) is 0 Å². The lowest BCUT2D eigenvalue weighted by Crippen LogP contribution is -2.38. The molecule has 0 spiro atoms. The van der Waals surface area contributed by atoms with Crippen LogP contribution in [0.25, 0.3) is 10.9 Å². The topological polar surface area (TPSA) is 140 Å². The Balaban J connectivity index is 1.57. The lowest BCUT2D eigenvalue weighted by molar-refractivity contribution is -0.387. The summed E-state index contributed by atoms with van der Waals surface area (Å²) in [5.41, 5.74) is 1.09. The van der Waals surface area contributed by atoms with Crippen molar-refractivity contribution in [1.29, 1.82) is 0 Å². The molecule has 2 bridgehead atoms. The molecule has 0 atom stereocenters. The van der Waals surface area contributed by atoms with Gasteiger partial charge in [0, 0.05) is 49.4 Å². The number of aromatic nitrogens is 2. The summed E-state index contributed by atoms with van der Waals surface area (Å²) < 4.78 is 54.8. The number of nitro benzene ring substituents is 1. The monoisotopic (exact) mass is 630 g/mol. The van der Waals surface area contributed by atoms with Crippen molar-refractivity contribution in [3.8, 4) is 11.5 Å². The van der Waals surface area contributed by atoms with Crippen molar-refractivity contribution >= 4 is 49.7 Å². The van der Waals surface area contributed by atoms with E-state index in [9.17, 15) is 22.9 Å². The van der Waals surface area contributed by atoms with E-state index in [1.165, 1.54) is 48.1 Å². The Morgan fingerprint density at radius 3 is 2.70 bits per heavy atom. The maximum Gasteiger partial charge on any atom is 0.289 e. The van der Waals surface area contributed by atoms with E-state index in [1.54, 1.807) is 19.2 Å². The number of para-hydroxylation sites is 1. The number of nitro groups is 1. The van der Waals surface area contributed by atoms with Gasteiger partial charge >= 0.3 is 0 Å². The number of likely N-dealkylation sites (N-methyl/N-ethyl adjacent to an activating group) is 1. The first-order valence-corrected chi connectivity index (χ1v) is 15.0. The highest BCUT2D eigenvalue weighted by atomic mass is 35.5. The van der Waals surface area contributed by atoms with Gasteiger partial charge in [-0.3, -0.25) is 10.1 Å². The SMILES string of the molecule is COc1cc2ncnc3c2cc1OCCCN(S(=O)(=O)c1ccccc1[N+](=O)[O-])CCN(C)Cc1cc(F)c(Cl)cc1N3. The number of hydrogen-bond donors (Lipinski definition) is 1. The Kier molecular flexibility index (Phi) is 8.92. The molecular weight excluding hydrogens is 603 g/mol. The van der Waals surface area contributed by atoms with Crippen molar-refractivity contribution in [3.63, 3.8) is 0 Å². The minimum absolute atomic E-state index is 0.00898. The molecule has 43 heavy (non-hydrogen) atoms. The number of benzene rings is 3. The molecular formula is C28H28ClFN6O6S. The number of fused-ring (bicyclic) bond motifs is 2. The van der Waals surface area contributed by atoms with Gasteiger partial charge in [-0.1, -0.05) is 23.7 Å². The zero-order valence-corrected chi connectivity index (χ0v) is 24.9. The van der Waals surface area contributed by atoms with Crippen LogP contribution in [0.15, 0.2) is 59.8 Å². The van der Waals surface area contributed by atoms with Crippen LogP contribution in [0.5, 0.6) is 11.5 Å². The van der Waals surface area contributed by atoms with Crippen LogP contribution in [0, 0.1) is 15.9 Å². The molecule has 0 radical (unpaired) electrons. The first kappa shape index (κ1) is 30.4. The van der Waals surface area contributed by atoms with Gasteiger partial charge < -0.3 is 19.7 Å². The second-order valence-corrected chi connectivity index (χ2v) is 12.2.